The fourth-order valence-electron chi connectivity index (χ4n) is 1.30. The second-order valence-corrected chi connectivity index (χ2v) is 4.44. The van der Waals surface area contributed by atoms with E-state index in [0.717, 1.165) is 11.0 Å². The van der Waals surface area contributed by atoms with E-state index in [1.807, 2.05) is 0 Å². The number of carbonyl (C=O) groups is 2. The first-order valence-corrected chi connectivity index (χ1v) is 6.06. The lowest BCUT2D eigenvalue weighted by Gasteiger charge is -2.19. The number of aliphatic carboxylic acids is 1. The summed E-state index contributed by atoms with van der Waals surface area (Å²) in [6.07, 6.45) is 0. The molecule has 0 fully saturated rings. The number of nitrogens with one attached hydrogen (secondary N) is 1. The normalized spacial score (nSPS) is 10.1. The van der Waals surface area contributed by atoms with Crippen molar-refractivity contribution in [2.45, 2.75) is 6.92 Å². The SMILES string of the molecule is CCN(CC(=O)O)C(=O)Nc1cc(Br)c(F)cc1F. The molecule has 0 aromatic heterocycles. The van der Waals surface area contributed by atoms with E-state index in [0.29, 0.717) is 6.07 Å². The van der Waals surface area contributed by atoms with Crippen LogP contribution in [0, 0.1) is 11.6 Å². The molecule has 8 heteroatoms. The van der Waals surface area contributed by atoms with Crippen LogP contribution in [0.2, 0.25) is 0 Å². The summed E-state index contributed by atoms with van der Waals surface area (Å²) >= 11 is 2.86. The number of carboxylic acid groups (broad SMARTS) is 1. The molecule has 0 bridgehead atoms. The zero-order valence-electron chi connectivity index (χ0n) is 9.91. The van der Waals surface area contributed by atoms with Crippen LogP contribution in [-0.4, -0.2) is 35.1 Å². The van der Waals surface area contributed by atoms with Gasteiger partial charge < -0.3 is 15.3 Å². The van der Waals surface area contributed by atoms with Gasteiger partial charge in [-0.05, 0) is 28.9 Å². The van der Waals surface area contributed by atoms with E-state index in [9.17, 15) is 18.4 Å². The summed E-state index contributed by atoms with van der Waals surface area (Å²) in [6, 6.07) is 0.909. The number of hydrogen-bond acceptors (Lipinski definition) is 2. The Balaban J connectivity index is 2.86. The highest BCUT2D eigenvalue weighted by atomic mass is 79.9. The number of anilines is 1. The van der Waals surface area contributed by atoms with E-state index in [4.69, 9.17) is 5.11 Å². The number of nitrogens with zero attached hydrogens (tertiary/aromatic N) is 1. The molecule has 2 N–H and O–H groups in total. The maximum absolute atomic E-state index is 13.4. The van der Waals surface area contributed by atoms with Gasteiger partial charge in [0.25, 0.3) is 0 Å². The molecule has 0 saturated carbocycles. The van der Waals surface area contributed by atoms with Crippen molar-refractivity contribution in [3.63, 3.8) is 0 Å². The topological polar surface area (TPSA) is 69.6 Å². The second-order valence-electron chi connectivity index (χ2n) is 3.58. The summed E-state index contributed by atoms with van der Waals surface area (Å²) in [5, 5.41) is 10.8. The predicted octanol–water partition coefficient (Wildman–Crippen LogP) is 2.67. The van der Waals surface area contributed by atoms with Gasteiger partial charge in [0, 0.05) is 12.6 Å². The lowest BCUT2D eigenvalue weighted by Crippen LogP contribution is -2.38. The fraction of sp³-hybridized carbons (Fsp3) is 0.273. The third-order valence-corrected chi connectivity index (χ3v) is 2.85. The van der Waals surface area contributed by atoms with Crippen molar-refractivity contribution in [3.05, 3.63) is 28.2 Å². The number of hydrogen-bond donors (Lipinski definition) is 2. The number of rotatable bonds is 4. The summed E-state index contributed by atoms with van der Waals surface area (Å²) in [5.74, 6) is -2.92. The number of carbonyl (C=O) groups excluding carboxylic acids is 1. The van der Waals surface area contributed by atoms with Gasteiger partial charge in [0.05, 0.1) is 10.2 Å². The summed E-state index contributed by atoms with van der Waals surface area (Å²) in [7, 11) is 0. The second kappa shape index (κ2) is 6.46. The molecule has 19 heavy (non-hydrogen) atoms. The first-order chi connectivity index (χ1) is 8.85. The molecule has 0 aliphatic carbocycles. The van der Waals surface area contributed by atoms with Gasteiger partial charge >= 0.3 is 12.0 Å². The van der Waals surface area contributed by atoms with E-state index >= 15 is 0 Å². The summed E-state index contributed by atoms with van der Waals surface area (Å²) in [6.45, 7) is 1.22. The van der Waals surface area contributed by atoms with Crippen LogP contribution in [0.5, 0.6) is 0 Å². The van der Waals surface area contributed by atoms with Crippen LogP contribution in [0.4, 0.5) is 19.3 Å². The van der Waals surface area contributed by atoms with Crippen molar-refractivity contribution >= 4 is 33.6 Å². The Morgan fingerprint density at radius 2 is 2.00 bits per heavy atom. The molecule has 0 aliphatic rings. The van der Waals surface area contributed by atoms with E-state index in [-0.39, 0.29) is 16.7 Å². The molecule has 2 amide bonds. The van der Waals surface area contributed by atoms with Gasteiger partial charge in [-0.15, -0.1) is 0 Å². The molecule has 1 aromatic rings. The predicted molar refractivity (Wildman–Crippen MR) is 68.0 cm³/mol. The van der Waals surface area contributed by atoms with Gasteiger partial charge in [-0.3, -0.25) is 4.79 Å². The molecule has 0 atom stereocenters. The molecule has 1 rings (SSSR count). The molecule has 0 aliphatic heterocycles. The molecule has 0 unspecified atom stereocenters. The first-order valence-electron chi connectivity index (χ1n) is 5.27. The summed E-state index contributed by atoms with van der Waals surface area (Å²) < 4.78 is 26.4. The molecular weight excluding hydrogens is 326 g/mol. The number of benzene rings is 1. The van der Waals surface area contributed by atoms with E-state index in [1.165, 1.54) is 0 Å². The third-order valence-electron chi connectivity index (χ3n) is 2.25. The quantitative estimate of drug-likeness (QED) is 0.830. The summed E-state index contributed by atoms with van der Waals surface area (Å²) in [4.78, 5) is 23.2. The van der Waals surface area contributed by atoms with Crippen molar-refractivity contribution < 1.29 is 23.5 Å². The van der Waals surface area contributed by atoms with Crippen molar-refractivity contribution in [3.8, 4) is 0 Å². The molecule has 0 spiro atoms. The van der Waals surface area contributed by atoms with Crippen LogP contribution in [0.15, 0.2) is 16.6 Å². The molecule has 0 radical (unpaired) electrons. The highest BCUT2D eigenvalue weighted by Gasteiger charge is 2.17. The minimum atomic E-state index is -1.18. The Kier molecular flexibility index (Phi) is 5.22. The van der Waals surface area contributed by atoms with Gasteiger partial charge in [-0.25, -0.2) is 13.6 Å². The molecule has 0 saturated heterocycles. The van der Waals surface area contributed by atoms with Gasteiger partial charge in [-0.1, -0.05) is 0 Å². The maximum Gasteiger partial charge on any atom is 0.323 e. The van der Waals surface area contributed by atoms with E-state index in [2.05, 4.69) is 21.2 Å². The molecular formula is C11H11BrF2N2O3. The van der Waals surface area contributed by atoms with Crippen LogP contribution in [0.3, 0.4) is 0 Å². The lowest BCUT2D eigenvalue weighted by atomic mass is 10.3. The molecule has 104 valence electrons. The smallest absolute Gasteiger partial charge is 0.323 e. The van der Waals surface area contributed by atoms with Crippen LogP contribution < -0.4 is 5.32 Å². The Morgan fingerprint density at radius 3 is 2.53 bits per heavy atom. The average molecular weight is 337 g/mol. The van der Waals surface area contributed by atoms with Crippen molar-refractivity contribution in [2.75, 3.05) is 18.4 Å². The van der Waals surface area contributed by atoms with Crippen LogP contribution in [0.1, 0.15) is 6.92 Å². The standard InChI is InChI=1S/C11H11BrF2N2O3/c1-2-16(5-10(17)18)11(19)15-9-3-6(12)7(13)4-8(9)14/h3-4H,2,5H2,1H3,(H,15,19)(H,17,18). The van der Waals surface area contributed by atoms with Gasteiger partial charge in [0.2, 0.25) is 0 Å². The van der Waals surface area contributed by atoms with Crippen LogP contribution in [-0.2, 0) is 4.79 Å². The number of urea groups is 1. The Bertz CT molecular complexity index is 511. The monoisotopic (exact) mass is 336 g/mol. The molecule has 0 heterocycles. The van der Waals surface area contributed by atoms with Crippen molar-refractivity contribution in [2.24, 2.45) is 0 Å². The van der Waals surface area contributed by atoms with Crippen molar-refractivity contribution in [1.29, 1.82) is 0 Å². The van der Waals surface area contributed by atoms with Crippen LogP contribution >= 0.6 is 15.9 Å². The van der Waals surface area contributed by atoms with E-state index < -0.39 is 30.2 Å². The lowest BCUT2D eigenvalue weighted by molar-refractivity contribution is -0.137. The van der Waals surface area contributed by atoms with Crippen LogP contribution in [0.25, 0.3) is 0 Å². The minimum Gasteiger partial charge on any atom is -0.480 e. The van der Waals surface area contributed by atoms with Gasteiger partial charge in [-0.2, -0.15) is 0 Å². The highest BCUT2D eigenvalue weighted by molar-refractivity contribution is 9.10. The maximum atomic E-state index is 13.4. The fourth-order valence-corrected chi connectivity index (χ4v) is 1.65. The van der Waals surface area contributed by atoms with Crippen molar-refractivity contribution in [1.82, 2.24) is 4.90 Å². The Morgan fingerprint density at radius 1 is 1.37 bits per heavy atom. The zero-order valence-corrected chi connectivity index (χ0v) is 11.5. The Hall–Kier alpha value is -1.70. The molecule has 1 aromatic carbocycles. The number of amides is 2. The first kappa shape index (κ1) is 15.4. The van der Waals surface area contributed by atoms with Gasteiger partial charge in [0.15, 0.2) is 0 Å². The van der Waals surface area contributed by atoms with Gasteiger partial charge in [0.1, 0.15) is 18.2 Å². The zero-order chi connectivity index (χ0) is 14.6. The number of carboxylic acids is 1. The Labute approximate surface area is 116 Å². The molecule has 5 nitrogen and oxygen atoms in total. The number of halogens is 3. The highest BCUT2D eigenvalue weighted by Crippen LogP contribution is 2.23. The minimum absolute atomic E-state index is 0.00881. The summed E-state index contributed by atoms with van der Waals surface area (Å²) in [5.41, 5.74) is -0.234. The van der Waals surface area contributed by atoms with E-state index in [1.54, 1.807) is 6.92 Å². The number of likely N-dealkylation sites (N-methyl/N-ethyl adjacent to an activating group) is 1. The third kappa shape index (κ3) is 4.16. The average Bonchev–Trinajstić information content (AvgIpc) is 2.32. The largest absolute Gasteiger partial charge is 0.480 e.